The second kappa shape index (κ2) is 13.8. The lowest BCUT2D eigenvalue weighted by Crippen LogP contribution is -1.98. The van der Waals surface area contributed by atoms with Crippen molar-refractivity contribution in [3.63, 3.8) is 0 Å². The van der Waals surface area contributed by atoms with Crippen LogP contribution in [-0.4, -0.2) is 19.1 Å². The van der Waals surface area contributed by atoms with Crippen LogP contribution in [0.5, 0.6) is 0 Å². The first-order valence-corrected chi connectivity index (χ1v) is 20.4. The van der Waals surface area contributed by atoms with Gasteiger partial charge in [0.2, 0.25) is 0 Å². The lowest BCUT2D eigenvalue weighted by atomic mass is 10.0. The highest BCUT2D eigenvalue weighted by Gasteiger charge is 2.20. The predicted octanol–water partition coefficient (Wildman–Crippen LogP) is 14.5. The zero-order valence-corrected chi connectivity index (χ0v) is 32.6. The summed E-state index contributed by atoms with van der Waals surface area (Å²) in [5.74, 6) is 0.710. The van der Waals surface area contributed by atoms with Crippen molar-refractivity contribution in [2.45, 2.75) is 0 Å². The van der Waals surface area contributed by atoms with Gasteiger partial charge in [-0.25, -0.2) is 9.97 Å². The summed E-state index contributed by atoms with van der Waals surface area (Å²) in [6, 6.07) is 78.1. The Kier molecular flexibility index (Phi) is 7.82. The standard InChI is InChI=1S/C56H36N4/c1-4-16-37(17-5-1)40-22-14-24-43(33-40)59-52-27-12-10-25-45(52)47-34-48-46-26-11-13-28-53(46)60(55(48)36-54(47)59)51-29-15-23-41-32-42(30-31-44(41)51)50-35-49(38-18-6-2-7-19-38)57-56(58-50)39-20-8-3-9-21-39/h1-36H. The summed E-state index contributed by atoms with van der Waals surface area (Å²) in [5.41, 5.74) is 14.3. The van der Waals surface area contributed by atoms with Gasteiger partial charge in [-0.1, -0.05) is 164 Å². The molecule has 12 aromatic rings. The quantitative estimate of drug-likeness (QED) is 0.169. The van der Waals surface area contributed by atoms with Crippen LogP contribution in [-0.2, 0) is 0 Å². The van der Waals surface area contributed by atoms with E-state index in [-0.39, 0.29) is 0 Å². The van der Waals surface area contributed by atoms with Crippen LogP contribution < -0.4 is 0 Å². The third kappa shape index (κ3) is 5.53. The highest BCUT2D eigenvalue weighted by Crippen LogP contribution is 2.41. The summed E-state index contributed by atoms with van der Waals surface area (Å²) in [6.07, 6.45) is 0. The maximum Gasteiger partial charge on any atom is 0.160 e. The minimum Gasteiger partial charge on any atom is -0.309 e. The van der Waals surface area contributed by atoms with Crippen molar-refractivity contribution < 1.29 is 0 Å². The van der Waals surface area contributed by atoms with Crippen molar-refractivity contribution in [1.82, 2.24) is 19.1 Å². The Balaban J connectivity index is 1.07. The molecular formula is C56H36N4. The molecule has 12 rings (SSSR count). The summed E-state index contributed by atoms with van der Waals surface area (Å²) in [4.78, 5) is 10.2. The number of hydrogen-bond acceptors (Lipinski definition) is 2. The average Bonchev–Trinajstić information content (AvgIpc) is 3.83. The van der Waals surface area contributed by atoms with Crippen LogP contribution in [0.15, 0.2) is 218 Å². The Labute approximate surface area is 346 Å². The smallest absolute Gasteiger partial charge is 0.160 e. The van der Waals surface area contributed by atoms with Gasteiger partial charge in [0.25, 0.3) is 0 Å². The lowest BCUT2D eigenvalue weighted by molar-refractivity contribution is 1.17. The van der Waals surface area contributed by atoms with E-state index in [1.807, 2.05) is 24.3 Å². The van der Waals surface area contributed by atoms with Crippen molar-refractivity contribution in [2.24, 2.45) is 0 Å². The van der Waals surface area contributed by atoms with Gasteiger partial charge in [-0.05, 0) is 71.1 Å². The second-order valence-electron chi connectivity index (χ2n) is 15.4. The normalized spacial score (nSPS) is 11.7. The van der Waals surface area contributed by atoms with Crippen molar-refractivity contribution in [2.75, 3.05) is 0 Å². The number of hydrogen-bond donors (Lipinski definition) is 0. The van der Waals surface area contributed by atoms with E-state index in [9.17, 15) is 0 Å². The van der Waals surface area contributed by atoms with Gasteiger partial charge in [0.1, 0.15) is 0 Å². The molecule has 280 valence electrons. The van der Waals surface area contributed by atoms with Crippen molar-refractivity contribution in [3.8, 4) is 56.4 Å². The molecule has 0 bridgehead atoms. The van der Waals surface area contributed by atoms with E-state index >= 15 is 0 Å². The fourth-order valence-electron chi connectivity index (χ4n) is 9.11. The first-order chi connectivity index (χ1) is 29.7. The molecule has 3 heterocycles. The van der Waals surface area contributed by atoms with E-state index in [2.05, 4.69) is 203 Å². The molecule has 0 saturated heterocycles. The Morgan fingerprint density at radius 1 is 0.283 bits per heavy atom. The van der Waals surface area contributed by atoms with Gasteiger partial charge in [-0.3, -0.25) is 0 Å². The van der Waals surface area contributed by atoms with E-state index in [0.29, 0.717) is 5.82 Å². The molecule has 4 heteroatoms. The molecule has 0 unspecified atom stereocenters. The Morgan fingerprint density at radius 2 is 0.850 bits per heavy atom. The molecule has 0 atom stereocenters. The van der Waals surface area contributed by atoms with E-state index in [0.717, 1.165) is 44.8 Å². The molecule has 0 saturated carbocycles. The molecule has 60 heavy (non-hydrogen) atoms. The molecular weight excluding hydrogens is 729 g/mol. The summed E-state index contributed by atoms with van der Waals surface area (Å²) in [7, 11) is 0. The zero-order chi connectivity index (χ0) is 39.6. The average molecular weight is 765 g/mol. The minimum atomic E-state index is 0.710. The highest BCUT2D eigenvalue weighted by molar-refractivity contribution is 6.19. The van der Waals surface area contributed by atoms with Gasteiger partial charge in [-0.2, -0.15) is 0 Å². The van der Waals surface area contributed by atoms with Crippen LogP contribution in [0.4, 0.5) is 0 Å². The van der Waals surface area contributed by atoms with Crippen LogP contribution in [0.25, 0.3) is 111 Å². The van der Waals surface area contributed by atoms with E-state index in [1.165, 1.54) is 60.1 Å². The Morgan fingerprint density at radius 3 is 1.57 bits per heavy atom. The number of benzene rings is 9. The maximum absolute atomic E-state index is 5.14. The molecule has 0 aliphatic heterocycles. The van der Waals surface area contributed by atoms with E-state index in [4.69, 9.17) is 9.97 Å². The molecule has 9 aromatic carbocycles. The molecule has 0 spiro atoms. The molecule has 3 aromatic heterocycles. The van der Waals surface area contributed by atoms with Crippen LogP contribution in [0.1, 0.15) is 0 Å². The van der Waals surface area contributed by atoms with Crippen molar-refractivity contribution >= 4 is 54.4 Å². The van der Waals surface area contributed by atoms with Crippen LogP contribution in [0, 0.1) is 0 Å². The molecule has 4 nitrogen and oxygen atoms in total. The van der Waals surface area contributed by atoms with Crippen LogP contribution >= 0.6 is 0 Å². The first-order valence-electron chi connectivity index (χ1n) is 20.4. The van der Waals surface area contributed by atoms with Gasteiger partial charge >= 0.3 is 0 Å². The third-order valence-corrected chi connectivity index (χ3v) is 11.9. The lowest BCUT2D eigenvalue weighted by Gasteiger charge is -2.14. The second-order valence-corrected chi connectivity index (χ2v) is 15.4. The van der Waals surface area contributed by atoms with Gasteiger partial charge < -0.3 is 9.13 Å². The molecule has 0 fully saturated rings. The van der Waals surface area contributed by atoms with E-state index in [1.54, 1.807) is 0 Å². The number of aromatic nitrogens is 4. The minimum absolute atomic E-state index is 0.710. The fraction of sp³-hybridized carbons (Fsp3) is 0. The number of para-hydroxylation sites is 2. The molecule has 0 aliphatic carbocycles. The largest absolute Gasteiger partial charge is 0.309 e. The third-order valence-electron chi connectivity index (χ3n) is 11.9. The maximum atomic E-state index is 5.14. The Bertz CT molecular complexity index is 3530. The number of rotatable bonds is 6. The SMILES string of the molecule is c1ccc(-c2cccc(-n3c4ccccc4c4cc5c6ccccc6n(-c6cccc7cc(-c8cc(-c9ccccc9)nc(-c9ccccc9)n8)ccc67)c5cc43)c2)cc1. The molecule has 0 amide bonds. The zero-order valence-electron chi connectivity index (χ0n) is 32.6. The van der Waals surface area contributed by atoms with E-state index < -0.39 is 0 Å². The van der Waals surface area contributed by atoms with Gasteiger partial charge in [-0.15, -0.1) is 0 Å². The van der Waals surface area contributed by atoms with Crippen LogP contribution in [0.3, 0.4) is 0 Å². The van der Waals surface area contributed by atoms with Gasteiger partial charge in [0, 0.05) is 49.3 Å². The first kappa shape index (κ1) is 34.0. The summed E-state index contributed by atoms with van der Waals surface area (Å²) in [5, 5.41) is 7.25. The Hall–Kier alpha value is -8.08. The van der Waals surface area contributed by atoms with Gasteiger partial charge in [0.05, 0.1) is 39.1 Å². The van der Waals surface area contributed by atoms with Crippen molar-refractivity contribution in [3.05, 3.63) is 218 Å². The summed E-state index contributed by atoms with van der Waals surface area (Å²) in [6.45, 7) is 0. The summed E-state index contributed by atoms with van der Waals surface area (Å²) >= 11 is 0. The predicted molar refractivity (Wildman–Crippen MR) is 250 cm³/mol. The number of fused-ring (bicyclic) bond motifs is 7. The summed E-state index contributed by atoms with van der Waals surface area (Å²) < 4.78 is 4.89. The monoisotopic (exact) mass is 764 g/mol. The topological polar surface area (TPSA) is 35.6 Å². The van der Waals surface area contributed by atoms with Crippen LogP contribution in [0.2, 0.25) is 0 Å². The van der Waals surface area contributed by atoms with Crippen molar-refractivity contribution in [1.29, 1.82) is 0 Å². The van der Waals surface area contributed by atoms with Gasteiger partial charge in [0.15, 0.2) is 5.82 Å². The number of nitrogens with zero attached hydrogens (tertiary/aromatic N) is 4. The molecule has 0 radical (unpaired) electrons. The fourth-order valence-corrected chi connectivity index (χ4v) is 9.11. The molecule has 0 aliphatic rings. The highest BCUT2D eigenvalue weighted by atomic mass is 15.0. The molecule has 0 N–H and O–H groups in total.